The van der Waals surface area contributed by atoms with Crippen molar-refractivity contribution in [1.29, 1.82) is 0 Å². The van der Waals surface area contributed by atoms with E-state index >= 15 is 0 Å². The Morgan fingerprint density at radius 1 is 1.27 bits per heavy atom. The number of carboxylic acid groups (broad SMARTS) is 1. The van der Waals surface area contributed by atoms with Crippen molar-refractivity contribution in [3.05, 3.63) is 0 Å². The van der Waals surface area contributed by atoms with Gasteiger partial charge >= 0.3 is 12.2 Å². The highest BCUT2D eigenvalue weighted by Crippen LogP contribution is 2.28. The van der Waals surface area contributed by atoms with Gasteiger partial charge in [0.2, 0.25) is 0 Å². The number of rotatable bonds is 8. The molecule has 8 heteroatoms. The van der Waals surface area contributed by atoms with E-state index in [9.17, 15) is 9.59 Å². The molecule has 1 heterocycles. The van der Waals surface area contributed by atoms with Gasteiger partial charge in [0.1, 0.15) is 0 Å². The lowest BCUT2D eigenvalue weighted by molar-refractivity contribution is -0.0551. The smallest absolute Gasteiger partial charge is 0.409 e. The molecule has 0 radical (unpaired) electrons. The van der Waals surface area contributed by atoms with Crippen molar-refractivity contribution in [2.24, 2.45) is 5.92 Å². The summed E-state index contributed by atoms with van der Waals surface area (Å²) in [6, 6.07) is 0.603. The number of hydrogen-bond acceptors (Lipinski definition) is 4. The molecule has 0 bridgehead atoms. The van der Waals surface area contributed by atoms with Crippen LogP contribution < -0.4 is 5.32 Å². The molecule has 1 aliphatic heterocycles. The first-order valence-corrected chi connectivity index (χ1v) is 13.2. The van der Waals surface area contributed by atoms with E-state index in [-0.39, 0.29) is 18.2 Å². The molecule has 2 N–H and O–H groups in total. The van der Waals surface area contributed by atoms with E-state index < -0.39 is 20.3 Å². The second-order valence-corrected chi connectivity index (χ2v) is 14.4. The lowest BCUT2D eigenvalue weighted by atomic mass is 9.87. The lowest BCUT2D eigenvalue weighted by Crippen LogP contribution is -2.46. The third-order valence-corrected chi connectivity index (χ3v) is 6.33. The number of amides is 2. The van der Waals surface area contributed by atoms with Gasteiger partial charge in [-0.2, -0.15) is 0 Å². The summed E-state index contributed by atoms with van der Waals surface area (Å²) in [6.07, 6.45) is 1.41. The molecule has 2 amide bonds. The summed E-state index contributed by atoms with van der Waals surface area (Å²) in [5.41, 5.74) is 0. The fourth-order valence-electron chi connectivity index (χ4n) is 3.45. The Hall–Kier alpha value is -1.28. The molecule has 1 unspecified atom stereocenters. The monoisotopic (exact) mass is 388 g/mol. The fraction of sp³-hybridized carbons (Fsp3) is 0.889. The van der Waals surface area contributed by atoms with Gasteiger partial charge in [0, 0.05) is 21.7 Å². The Morgan fingerprint density at radius 3 is 2.35 bits per heavy atom. The maximum absolute atomic E-state index is 12.2. The van der Waals surface area contributed by atoms with Crippen molar-refractivity contribution in [2.75, 3.05) is 20.2 Å². The second kappa shape index (κ2) is 10.2. The maximum atomic E-state index is 12.2. The van der Waals surface area contributed by atoms with Crippen molar-refractivity contribution in [3.63, 3.8) is 0 Å². The molecule has 152 valence electrons. The van der Waals surface area contributed by atoms with Gasteiger partial charge in [0.25, 0.3) is 0 Å². The molecule has 1 saturated heterocycles. The van der Waals surface area contributed by atoms with Crippen molar-refractivity contribution < 1.29 is 24.2 Å². The van der Waals surface area contributed by atoms with Crippen LogP contribution in [-0.2, 0) is 9.47 Å². The topological polar surface area (TPSA) is 88.1 Å². The summed E-state index contributed by atoms with van der Waals surface area (Å²) >= 11 is 0. The van der Waals surface area contributed by atoms with Crippen LogP contribution in [0.15, 0.2) is 0 Å². The fourth-order valence-corrected chi connectivity index (χ4v) is 4.17. The van der Waals surface area contributed by atoms with Crippen molar-refractivity contribution in [2.45, 2.75) is 77.0 Å². The van der Waals surface area contributed by atoms with Gasteiger partial charge in [-0.25, -0.2) is 9.59 Å². The van der Waals surface area contributed by atoms with E-state index in [1.807, 2.05) is 13.8 Å². The highest BCUT2D eigenvalue weighted by molar-refractivity contribution is 6.76. The summed E-state index contributed by atoms with van der Waals surface area (Å²) in [4.78, 5) is 24.8. The third kappa shape index (κ3) is 9.42. The van der Waals surface area contributed by atoms with Crippen LogP contribution in [0, 0.1) is 5.92 Å². The number of nitrogens with zero attached hydrogens (tertiary/aromatic N) is 1. The molecule has 1 aliphatic rings. The Labute approximate surface area is 158 Å². The molecule has 0 saturated carbocycles. The summed E-state index contributed by atoms with van der Waals surface area (Å²) < 4.78 is 11.1. The van der Waals surface area contributed by atoms with E-state index in [1.54, 1.807) is 7.05 Å². The molecule has 0 aromatic heterocycles. The predicted octanol–water partition coefficient (Wildman–Crippen LogP) is 3.62. The van der Waals surface area contributed by atoms with Crippen LogP contribution in [0.2, 0.25) is 25.7 Å². The summed E-state index contributed by atoms with van der Waals surface area (Å²) in [6.45, 7) is 11.5. The van der Waals surface area contributed by atoms with Crippen LogP contribution in [0.5, 0.6) is 0 Å². The van der Waals surface area contributed by atoms with E-state index in [2.05, 4.69) is 25.0 Å². The SMILES string of the molecule is C[C@@H]1CC(C[C@@H](CN(C)C(=O)OCC[Si](C)(C)C)NC(=O)O)C[C@H](C)O1. The molecule has 0 aliphatic carbocycles. The number of likely N-dealkylation sites (N-methyl/N-ethyl adjacent to an activating group) is 1. The molecule has 0 aromatic carbocycles. The van der Waals surface area contributed by atoms with Gasteiger partial charge in [-0.3, -0.25) is 0 Å². The zero-order chi connectivity index (χ0) is 19.9. The largest absolute Gasteiger partial charge is 0.465 e. The highest BCUT2D eigenvalue weighted by Gasteiger charge is 2.28. The van der Waals surface area contributed by atoms with Gasteiger partial charge in [-0.15, -0.1) is 0 Å². The molecule has 1 fully saturated rings. The van der Waals surface area contributed by atoms with Crippen LogP contribution >= 0.6 is 0 Å². The first kappa shape index (κ1) is 22.8. The minimum Gasteiger partial charge on any atom is -0.465 e. The Bertz CT molecular complexity index is 459. The zero-order valence-corrected chi connectivity index (χ0v) is 18.1. The van der Waals surface area contributed by atoms with Crippen molar-refractivity contribution in [3.8, 4) is 0 Å². The van der Waals surface area contributed by atoms with Crippen molar-refractivity contribution >= 4 is 20.3 Å². The Balaban J connectivity index is 2.54. The van der Waals surface area contributed by atoms with Crippen LogP contribution in [0.4, 0.5) is 9.59 Å². The van der Waals surface area contributed by atoms with E-state index in [0.717, 1.165) is 18.9 Å². The molecule has 7 nitrogen and oxygen atoms in total. The van der Waals surface area contributed by atoms with E-state index in [1.165, 1.54) is 4.90 Å². The lowest BCUT2D eigenvalue weighted by Gasteiger charge is -2.34. The van der Waals surface area contributed by atoms with Gasteiger partial charge < -0.3 is 24.8 Å². The number of hydrogen-bond donors (Lipinski definition) is 2. The number of carbonyl (C=O) groups is 2. The average molecular weight is 389 g/mol. The van der Waals surface area contributed by atoms with Crippen LogP contribution in [-0.4, -0.2) is 68.7 Å². The minimum atomic E-state index is -1.25. The highest BCUT2D eigenvalue weighted by atomic mass is 28.3. The second-order valence-electron chi connectivity index (χ2n) is 8.78. The molecular formula is C18H36N2O5Si. The van der Waals surface area contributed by atoms with Crippen molar-refractivity contribution in [1.82, 2.24) is 10.2 Å². The van der Waals surface area contributed by atoms with E-state index in [4.69, 9.17) is 14.6 Å². The van der Waals surface area contributed by atoms with Gasteiger partial charge in [-0.1, -0.05) is 19.6 Å². The number of ether oxygens (including phenoxy) is 2. The first-order valence-electron chi connectivity index (χ1n) is 9.49. The normalized spacial score (nSPS) is 24.6. The average Bonchev–Trinajstić information content (AvgIpc) is 2.43. The molecule has 26 heavy (non-hydrogen) atoms. The van der Waals surface area contributed by atoms with E-state index in [0.29, 0.717) is 25.5 Å². The number of nitrogens with one attached hydrogen (secondary N) is 1. The maximum Gasteiger partial charge on any atom is 0.409 e. The van der Waals surface area contributed by atoms with Gasteiger partial charge in [0.15, 0.2) is 0 Å². The minimum absolute atomic E-state index is 0.179. The molecule has 1 rings (SSSR count). The molecule has 0 aromatic rings. The van der Waals surface area contributed by atoms with Gasteiger partial charge in [0.05, 0.1) is 24.9 Å². The van der Waals surface area contributed by atoms with Gasteiger partial charge in [-0.05, 0) is 45.1 Å². The molecule has 4 atom stereocenters. The predicted molar refractivity (Wildman–Crippen MR) is 104 cm³/mol. The Kier molecular flexibility index (Phi) is 8.89. The standard InChI is InChI=1S/C18H36N2O5Si/c1-13-9-15(10-14(2)25-13)11-16(19-17(21)22)12-20(3)18(23)24-7-8-26(4,5)6/h13-16,19H,7-12H2,1-6H3,(H,21,22)/t13-,14+,15?,16-/m0/s1. The summed E-state index contributed by atoms with van der Waals surface area (Å²) in [5, 5.41) is 11.7. The zero-order valence-electron chi connectivity index (χ0n) is 17.1. The summed E-state index contributed by atoms with van der Waals surface area (Å²) in [7, 11) is 0.402. The Morgan fingerprint density at radius 2 is 1.85 bits per heavy atom. The van der Waals surface area contributed by atoms with Crippen LogP contribution in [0.25, 0.3) is 0 Å². The quantitative estimate of drug-likeness (QED) is 0.620. The summed E-state index contributed by atoms with van der Waals surface area (Å²) in [5.74, 6) is 0.377. The van der Waals surface area contributed by atoms with Crippen LogP contribution in [0.3, 0.4) is 0 Å². The number of carbonyl (C=O) groups excluding carboxylic acids is 1. The molecular weight excluding hydrogens is 352 g/mol. The molecule has 0 spiro atoms. The first-order chi connectivity index (χ1) is 12.0. The third-order valence-electron chi connectivity index (χ3n) is 4.62. The van der Waals surface area contributed by atoms with Crippen LogP contribution in [0.1, 0.15) is 33.1 Å².